The van der Waals surface area contributed by atoms with E-state index in [1.807, 2.05) is 0 Å². The van der Waals surface area contributed by atoms with Crippen molar-refractivity contribution >= 4 is 17.6 Å². The Bertz CT molecular complexity index is 486. The Hall–Kier alpha value is -1.95. The number of carbonyl (C=O) groups excluding carboxylic acids is 2. The summed E-state index contributed by atoms with van der Waals surface area (Å²) in [5.41, 5.74) is 0.190. The average Bonchev–Trinajstić information content (AvgIpc) is 2.28. The van der Waals surface area contributed by atoms with Crippen molar-refractivity contribution in [1.82, 2.24) is 5.32 Å². The van der Waals surface area contributed by atoms with E-state index in [1.165, 1.54) is 19.2 Å². The average molecular weight is 252 g/mol. The third kappa shape index (κ3) is 2.48. The van der Waals surface area contributed by atoms with Crippen LogP contribution in [0.25, 0.3) is 0 Å². The lowest BCUT2D eigenvalue weighted by atomic mass is 10.0. The van der Waals surface area contributed by atoms with E-state index in [0.29, 0.717) is 18.8 Å². The van der Waals surface area contributed by atoms with Crippen molar-refractivity contribution in [3.8, 4) is 0 Å². The van der Waals surface area contributed by atoms with Crippen LogP contribution < -0.4 is 10.6 Å². The highest BCUT2D eigenvalue weighted by Gasteiger charge is 2.25. The molecule has 0 spiro atoms. The first-order chi connectivity index (χ1) is 8.61. The number of anilines is 1. The van der Waals surface area contributed by atoms with Gasteiger partial charge in [0.2, 0.25) is 5.91 Å². The summed E-state index contributed by atoms with van der Waals surface area (Å²) in [5.74, 6) is -1.66. The number of amides is 1. The van der Waals surface area contributed by atoms with Crippen LogP contribution in [0.4, 0.5) is 10.1 Å². The smallest absolute Gasteiger partial charge is 0.340 e. The highest BCUT2D eigenvalue weighted by Crippen LogP contribution is 2.17. The highest BCUT2D eigenvalue weighted by atomic mass is 19.1. The third-order valence-corrected chi connectivity index (χ3v) is 2.79. The van der Waals surface area contributed by atoms with Gasteiger partial charge in [0.25, 0.3) is 0 Å². The molecule has 96 valence electrons. The molecule has 6 heteroatoms. The largest absolute Gasteiger partial charge is 0.465 e. The third-order valence-electron chi connectivity index (χ3n) is 2.79. The molecule has 0 atom stereocenters. The number of rotatable bonds is 3. The molecular formula is C12H13FN2O3. The summed E-state index contributed by atoms with van der Waals surface area (Å²) in [6.45, 7) is 1.27. The number of carbonyl (C=O) groups is 2. The van der Waals surface area contributed by atoms with Gasteiger partial charge < -0.3 is 15.4 Å². The van der Waals surface area contributed by atoms with Gasteiger partial charge in [0.05, 0.1) is 18.6 Å². The molecule has 1 aromatic rings. The summed E-state index contributed by atoms with van der Waals surface area (Å²) >= 11 is 0. The predicted molar refractivity (Wildman–Crippen MR) is 62.7 cm³/mol. The van der Waals surface area contributed by atoms with E-state index in [2.05, 4.69) is 15.4 Å². The molecule has 2 N–H and O–H groups in total. The zero-order chi connectivity index (χ0) is 13.1. The Kier molecular flexibility index (Phi) is 3.57. The first-order valence-electron chi connectivity index (χ1n) is 5.51. The fraction of sp³-hybridized carbons (Fsp3) is 0.333. The predicted octanol–water partition coefficient (Wildman–Crippen LogP) is 0.770. The minimum Gasteiger partial charge on any atom is -0.465 e. The highest BCUT2D eigenvalue weighted by molar-refractivity contribution is 5.96. The van der Waals surface area contributed by atoms with Crippen LogP contribution in [0.5, 0.6) is 0 Å². The summed E-state index contributed by atoms with van der Waals surface area (Å²) in [4.78, 5) is 23.0. The zero-order valence-corrected chi connectivity index (χ0v) is 9.83. The standard InChI is InChI=1S/C12H13FN2O3/c1-18-12(17)9-4-8(2-3-10(9)13)15-11(16)7-5-14-6-7/h2-4,7,14H,5-6H2,1H3,(H,15,16). The molecule has 1 aliphatic rings. The van der Waals surface area contributed by atoms with Crippen molar-refractivity contribution in [1.29, 1.82) is 0 Å². The number of halogens is 1. The monoisotopic (exact) mass is 252 g/mol. The Morgan fingerprint density at radius 3 is 2.72 bits per heavy atom. The number of nitrogens with one attached hydrogen (secondary N) is 2. The lowest BCUT2D eigenvalue weighted by Crippen LogP contribution is -2.48. The summed E-state index contributed by atoms with van der Waals surface area (Å²) in [6.07, 6.45) is 0. The van der Waals surface area contributed by atoms with Crippen LogP contribution in [-0.2, 0) is 9.53 Å². The fourth-order valence-corrected chi connectivity index (χ4v) is 1.59. The van der Waals surface area contributed by atoms with Gasteiger partial charge in [-0.15, -0.1) is 0 Å². The molecule has 0 aromatic heterocycles. The van der Waals surface area contributed by atoms with E-state index in [0.717, 1.165) is 6.07 Å². The maximum absolute atomic E-state index is 13.4. The van der Waals surface area contributed by atoms with Gasteiger partial charge in [0.1, 0.15) is 5.82 Å². The minimum atomic E-state index is -0.770. The molecule has 1 amide bonds. The van der Waals surface area contributed by atoms with Gasteiger partial charge in [-0.2, -0.15) is 0 Å². The number of hydrogen-bond donors (Lipinski definition) is 2. The van der Waals surface area contributed by atoms with Gasteiger partial charge in [-0.3, -0.25) is 4.79 Å². The SMILES string of the molecule is COC(=O)c1cc(NC(=O)C2CNC2)ccc1F. The Morgan fingerprint density at radius 1 is 1.44 bits per heavy atom. The summed E-state index contributed by atoms with van der Waals surface area (Å²) < 4.78 is 17.8. The van der Waals surface area contributed by atoms with Crippen molar-refractivity contribution in [2.45, 2.75) is 0 Å². The molecule has 18 heavy (non-hydrogen) atoms. The van der Waals surface area contributed by atoms with Crippen LogP contribution in [0, 0.1) is 11.7 Å². The van der Waals surface area contributed by atoms with Gasteiger partial charge in [0, 0.05) is 18.8 Å². The quantitative estimate of drug-likeness (QED) is 0.780. The van der Waals surface area contributed by atoms with Crippen LogP contribution in [0.1, 0.15) is 10.4 Å². The molecule has 0 saturated carbocycles. The van der Waals surface area contributed by atoms with Gasteiger partial charge in [0.15, 0.2) is 0 Å². The normalized spacial score (nSPS) is 14.8. The molecule has 0 bridgehead atoms. The van der Waals surface area contributed by atoms with E-state index >= 15 is 0 Å². The summed E-state index contributed by atoms with van der Waals surface area (Å²) in [6, 6.07) is 3.80. The summed E-state index contributed by atoms with van der Waals surface area (Å²) in [7, 11) is 1.17. The lowest BCUT2D eigenvalue weighted by molar-refractivity contribution is -0.121. The number of benzene rings is 1. The maximum atomic E-state index is 13.4. The van der Waals surface area contributed by atoms with Crippen molar-refractivity contribution in [2.24, 2.45) is 5.92 Å². The number of ether oxygens (including phenoxy) is 1. The first-order valence-corrected chi connectivity index (χ1v) is 5.51. The van der Waals surface area contributed by atoms with Crippen LogP contribution in [-0.4, -0.2) is 32.1 Å². The molecular weight excluding hydrogens is 239 g/mol. The molecule has 0 unspecified atom stereocenters. The molecule has 1 aromatic carbocycles. The molecule has 2 rings (SSSR count). The van der Waals surface area contributed by atoms with E-state index in [9.17, 15) is 14.0 Å². The van der Waals surface area contributed by atoms with Crippen molar-refractivity contribution in [3.05, 3.63) is 29.6 Å². The van der Waals surface area contributed by atoms with Crippen LogP contribution in [0.15, 0.2) is 18.2 Å². The molecule has 5 nitrogen and oxygen atoms in total. The topological polar surface area (TPSA) is 67.4 Å². The summed E-state index contributed by atoms with van der Waals surface area (Å²) in [5, 5.41) is 5.62. The van der Waals surface area contributed by atoms with Gasteiger partial charge in [-0.25, -0.2) is 9.18 Å². The zero-order valence-electron chi connectivity index (χ0n) is 9.83. The van der Waals surface area contributed by atoms with Gasteiger partial charge >= 0.3 is 5.97 Å². The van der Waals surface area contributed by atoms with E-state index in [4.69, 9.17) is 0 Å². The van der Waals surface area contributed by atoms with Crippen molar-refractivity contribution in [3.63, 3.8) is 0 Å². The molecule has 0 radical (unpaired) electrons. The second-order valence-corrected chi connectivity index (χ2v) is 4.03. The van der Waals surface area contributed by atoms with Crippen LogP contribution >= 0.6 is 0 Å². The van der Waals surface area contributed by atoms with Crippen LogP contribution in [0.2, 0.25) is 0 Å². The second kappa shape index (κ2) is 5.14. The fourth-order valence-electron chi connectivity index (χ4n) is 1.59. The Balaban J connectivity index is 2.13. The Labute approximate surface area is 103 Å². The molecule has 1 aliphatic heterocycles. The molecule has 1 saturated heterocycles. The number of esters is 1. The molecule has 1 fully saturated rings. The number of hydrogen-bond acceptors (Lipinski definition) is 4. The van der Waals surface area contributed by atoms with Gasteiger partial charge in [-0.05, 0) is 18.2 Å². The number of methoxy groups -OCH3 is 1. The second-order valence-electron chi connectivity index (χ2n) is 4.03. The van der Waals surface area contributed by atoms with Gasteiger partial charge in [-0.1, -0.05) is 0 Å². The lowest BCUT2D eigenvalue weighted by Gasteiger charge is -2.25. The van der Waals surface area contributed by atoms with E-state index in [-0.39, 0.29) is 17.4 Å². The molecule has 1 heterocycles. The van der Waals surface area contributed by atoms with Crippen molar-refractivity contribution < 1.29 is 18.7 Å². The van der Waals surface area contributed by atoms with E-state index < -0.39 is 11.8 Å². The first kappa shape index (κ1) is 12.5. The van der Waals surface area contributed by atoms with E-state index in [1.54, 1.807) is 0 Å². The van der Waals surface area contributed by atoms with Crippen LogP contribution in [0.3, 0.4) is 0 Å². The minimum absolute atomic E-state index is 0.0726. The maximum Gasteiger partial charge on any atom is 0.340 e. The Morgan fingerprint density at radius 2 is 2.17 bits per heavy atom. The molecule has 0 aliphatic carbocycles. The van der Waals surface area contributed by atoms with Crippen molar-refractivity contribution in [2.75, 3.05) is 25.5 Å².